The van der Waals surface area contributed by atoms with Crippen LogP contribution in [0.5, 0.6) is 0 Å². The fourth-order valence-corrected chi connectivity index (χ4v) is 4.09. The summed E-state index contributed by atoms with van der Waals surface area (Å²) in [5, 5.41) is 1.09. The highest BCUT2D eigenvalue weighted by Gasteiger charge is 2.19. The Labute approximate surface area is 172 Å². The molecule has 1 aromatic heterocycles. The van der Waals surface area contributed by atoms with Crippen molar-refractivity contribution in [2.45, 2.75) is 26.9 Å². The number of fused-ring (bicyclic) bond motifs is 1. The number of aryl methyl sites for hydroxylation is 2. The molecule has 0 aliphatic carbocycles. The Morgan fingerprint density at radius 2 is 1.54 bits per heavy atom. The van der Waals surface area contributed by atoms with Crippen LogP contribution < -0.4 is 5.63 Å². The summed E-state index contributed by atoms with van der Waals surface area (Å²) >= 11 is 0. The van der Waals surface area contributed by atoms with Crippen molar-refractivity contribution in [3.05, 3.63) is 81.2 Å². The monoisotopic (exact) mass is 398 g/mol. The maximum absolute atomic E-state index is 12.0. The largest absolute Gasteiger partial charge is 0.423 e. The lowest BCUT2D eigenvalue weighted by Crippen LogP contribution is -2.45. The van der Waals surface area contributed by atoms with Crippen LogP contribution in [0.3, 0.4) is 0 Å². The van der Waals surface area contributed by atoms with Crippen molar-refractivity contribution in [1.29, 1.82) is 0 Å². The van der Waals surface area contributed by atoms with E-state index in [1.807, 2.05) is 13.0 Å². The predicted molar refractivity (Wildman–Crippen MR) is 116 cm³/mol. The summed E-state index contributed by atoms with van der Waals surface area (Å²) in [5.74, 6) is 0. The molecule has 0 radical (unpaired) electrons. The Balaban J connectivity index is 0.00000225. The fourth-order valence-electron chi connectivity index (χ4n) is 4.09. The van der Waals surface area contributed by atoms with Gasteiger partial charge >= 0.3 is 5.63 Å². The smallest absolute Gasteiger partial charge is 0.336 e. The number of hydrogen-bond donors (Lipinski definition) is 0. The third-order valence-electron chi connectivity index (χ3n) is 5.38. The van der Waals surface area contributed by atoms with Crippen LogP contribution in [0.4, 0.5) is 0 Å². The van der Waals surface area contributed by atoms with Gasteiger partial charge in [-0.05, 0) is 42.2 Å². The van der Waals surface area contributed by atoms with Gasteiger partial charge in [0.2, 0.25) is 0 Å². The highest BCUT2D eigenvalue weighted by molar-refractivity contribution is 5.85. The summed E-state index contributed by atoms with van der Waals surface area (Å²) in [5.41, 5.74) is 5.18. The van der Waals surface area contributed by atoms with E-state index in [-0.39, 0.29) is 18.0 Å². The minimum Gasteiger partial charge on any atom is -0.423 e. The average Bonchev–Trinajstić information content (AvgIpc) is 2.63. The molecule has 5 heteroatoms. The second kappa shape index (κ2) is 8.91. The standard InChI is InChI=1S/C23H26N2O2.ClH/c1-17-12-18(2)23-20(14-22(26)27-21(23)13-17)16-25-10-8-24(9-11-25)15-19-6-4-3-5-7-19;/h3-7,12-14H,8-11,15-16H2,1-2H3;1H. The van der Waals surface area contributed by atoms with Crippen LogP contribution >= 0.6 is 12.4 Å². The molecule has 4 rings (SSSR count). The van der Waals surface area contributed by atoms with E-state index in [0.717, 1.165) is 55.8 Å². The lowest BCUT2D eigenvalue weighted by atomic mass is 10.0. The first kappa shape index (κ1) is 20.6. The molecular formula is C23H27ClN2O2. The number of halogens is 1. The van der Waals surface area contributed by atoms with Crippen LogP contribution in [0, 0.1) is 13.8 Å². The van der Waals surface area contributed by atoms with Crippen molar-refractivity contribution < 1.29 is 4.42 Å². The normalized spacial score (nSPS) is 15.5. The first-order valence-electron chi connectivity index (χ1n) is 9.61. The third kappa shape index (κ3) is 4.64. The maximum Gasteiger partial charge on any atom is 0.336 e. The van der Waals surface area contributed by atoms with E-state index in [0.29, 0.717) is 5.58 Å². The Hall–Kier alpha value is -2.14. The van der Waals surface area contributed by atoms with Crippen molar-refractivity contribution >= 4 is 23.4 Å². The molecule has 1 fully saturated rings. The molecule has 1 aliphatic heterocycles. The van der Waals surface area contributed by atoms with Gasteiger partial charge in [-0.15, -0.1) is 12.4 Å². The molecule has 0 amide bonds. The van der Waals surface area contributed by atoms with E-state index in [1.54, 1.807) is 6.07 Å². The van der Waals surface area contributed by atoms with Crippen LogP contribution in [0.25, 0.3) is 11.0 Å². The van der Waals surface area contributed by atoms with Gasteiger partial charge in [0.15, 0.2) is 0 Å². The minimum atomic E-state index is -0.259. The number of nitrogens with zero attached hydrogens (tertiary/aromatic N) is 2. The topological polar surface area (TPSA) is 36.7 Å². The van der Waals surface area contributed by atoms with E-state index in [9.17, 15) is 4.79 Å². The van der Waals surface area contributed by atoms with Gasteiger partial charge in [0.25, 0.3) is 0 Å². The Bertz CT molecular complexity index is 993. The molecule has 2 heterocycles. The molecule has 0 N–H and O–H groups in total. The number of rotatable bonds is 4. The van der Waals surface area contributed by atoms with Gasteiger partial charge in [0.05, 0.1) is 0 Å². The van der Waals surface area contributed by atoms with Gasteiger partial charge in [0, 0.05) is 50.7 Å². The van der Waals surface area contributed by atoms with Crippen molar-refractivity contribution in [2.75, 3.05) is 26.2 Å². The first-order chi connectivity index (χ1) is 13.1. The molecule has 2 aromatic carbocycles. The van der Waals surface area contributed by atoms with Crippen LogP contribution in [0.1, 0.15) is 22.3 Å². The zero-order valence-electron chi connectivity index (χ0n) is 16.5. The number of piperazine rings is 1. The molecule has 0 spiro atoms. The zero-order chi connectivity index (χ0) is 18.8. The van der Waals surface area contributed by atoms with E-state index in [2.05, 4.69) is 53.1 Å². The van der Waals surface area contributed by atoms with Gasteiger partial charge in [0.1, 0.15) is 5.58 Å². The average molecular weight is 399 g/mol. The van der Waals surface area contributed by atoms with Gasteiger partial charge in [-0.2, -0.15) is 0 Å². The molecule has 28 heavy (non-hydrogen) atoms. The molecule has 0 atom stereocenters. The van der Waals surface area contributed by atoms with E-state index < -0.39 is 0 Å². The predicted octanol–water partition coefficient (Wildman–Crippen LogP) is 4.15. The Kier molecular flexibility index (Phi) is 6.55. The molecule has 0 bridgehead atoms. The Morgan fingerprint density at radius 1 is 0.893 bits per heavy atom. The second-order valence-electron chi connectivity index (χ2n) is 7.58. The van der Waals surface area contributed by atoms with Crippen molar-refractivity contribution in [3.8, 4) is 0 Å². The lowest BCUT2D eigenvalue weighted by molar-refractivity contribution is 0.122. The SMILES string of the molecule is Cc1cc(C)c2c(CN3CCN(Cc4ccccc4)CC3)cc(=O)oc2c1.Cl. The lowest BCUT2D eigenvalue weighted by Gasteiger charge is -2.35. The van der Waals surface area contributed by atoms with E-state index in [1.165, 1.54) is 11.1 Å². The maximum atomic E-state index is 12.0. The van der Waals surface area contributed by atoms with Crippen molar-refractivity contribution in [1.82, 2.24) is 9.80 Å². The van der Waals surface area contributed by atoms with Crippen LogP contribution in [-0.2, 0) is 13.1 Å². The summed E-state index contributed by atoms with van der Waals surface area (Å²) in [6, 6.07) is 16.4. The van der Waals surface area contributed by atoms with Crippen molar-refractivity contribution in [2.24, 2.45) is 0 Å². The number of hydrogen-bond acceptors (Lipinski definition) is 4. The van der Waals surface area contributed by atoms with Gasteiger partial charge in [-0.25, -0.2) is 4.79 Å². The molecule has 0 saturated carbocycles. The van der Waals surface area contributed by atoms with Gasteiger partial charge in [-0.1, -0.05) is 36.4 Å². The summed E-state index contributed by atoms with van der Waals surface area (Å²) < 4.78 is 5.45. The quantitative estimate of drug-likeness (QED) is 0.618. The summed E-state index contributed by atoms with van der Waals surface area (Å²) in [7, 11) is 0. The number of benzene rings is 2. The fraction of sp³-hybridized carbons (Fsp3) is 0.348. The van der Waals surface area contributed by atoms with Crippen molar-refractivity contribution in [3.63, 3.8) is 0 Å². The minimum absolute atomic E-state index is 0. The Morgan fingerprint density at radius 3 is 2.21 bits per heavy atom. The van der Waals surface area contributed by atoms with Crippen LogP contribution in [0.15, 0.2) is 57.7 Å². The second-order valence-corrected chi connectivity index (χ2v) is 7.58. The molecule has 148 valence electrons. The molecular weight excluding hydrogens is 372 g/mol. The first-order valence-corrected chi connectivity index (χ1v) is 9.61. The summed E-state index contributed by atoms with van der Waals surface area (Å²) in [6.07, 6.45) is 0. The van der Waals surface area contributed by atoms with Crippen LogP contribution in [-0.4, -0.2) is 36.0 Å². The molecule has 1 saturated heterocycles. The molecule has 3 aromatic rings. The third-order valence-corrected chi connectivity index (χ3v) is 5.38. The summed E-state index contributed by atoms with van der Waals surface area (Å²) in [6.45, 7) is 10.1. The van der Waals surface area contributed by atoms with Crippen LogP contribution in [0.2, 0.25) is 0 Å². The van der Waals surface area contributed by atoms with Gasteiger partial charge in [-0.3, -0.25) is 9.80 Å². The zero-order valence-corrected chi connectivity index (χ0v) is 17.3. The molecule has 0 unspecified atom stereocenters. The molecule has 4 nitrogen and oxygen atoms in total. The summed E-state index contributed by atoms with van der Waals surface area (Å²) in [4.78, 5) is 17.0. The van der Waals surface area contributed by atoms with Gasteiger partial charge < -0.3 is 4.42 Å². The molecule has 1 aliphatic rings. The van der Waals surface area contributed by atoms with E-state index >= 15 is 0 Å². The highest BCUT2D eigenvalue weighted by Crippen LogP contribution is 2.24. The van der Waals surface area contributed by atoms with E-state index in [4.69, 9.17) is 4.42 Å². The highest BCUT2D eigenvalue weighted by atomic mass is 35.5.